The van der Waals surface area contributed by atoms with Crippen molar-refractivity contribution in [2.75, 3.05) is 6.54 Å². The predicted octanol–water partition coefficient (Wildman–Crippen LogP) is 0.137. The lowest BCUT2D eigenvalue weighted by atomic mass is 10.0. The van der Waals surface area contributed by atoms with Crippen molar-refractivity contribution in [1.29, 1.82) is 0 Å². The van der Waals surface area contributed by atoms with Crippen molar-refractivity contribution in [1.82, 2.24) is 20.2 Å². The first-order valence-corrected chi connectivity index (χ1v) is 7.25. The molecule has 1 saturated heterocycles. The average molecular weight is 258 g/mol. The highest BCUT2D eigenvalue weighted by atomic mass is 32.2. The molecule has 0 bridgehead atoms. The molecule has 1 fully saturated rings. The third-order valence-corrected chi connectivity index (χ3v) is 4.75. The molecule has 2 atom stereocenters. The summed E-state index contributed by atoms with van der Waals surface area (Å²) >= 11 is 0. The SMILES string of the molecule is Cc1[nH]ncc1S(=O)(=O)NC1CCCNC1C. The average Bonchev–Trinajstić information content (AvgIpc) is 2.68. The minimum atomic E-state index is -3.46. The van der Waals surface area contributed by atoms with Gasteiger partial charge in [-0.1, -0.05) is 0 Å². The van der Waals surface area contributed by atoms with E-state index < -0.39 is 10.0 Å². The Morgan fingerprint density at radius 2 is 2.29 bits per heavy atom. The molecule has 0 spiro atoms. The van der Waals surface area contributed by atoms with Crippen LogP contribution in [0.2, 0.25) is 0 Å². The first-order valence-electron chi connectivity index (χ1n) is 5.76. The van der Waals surface area contributed by atoms with E-state index in [1.807, 2.05) is 6.92 Å². The number of aromatic nitrogens is 2. The van der Waals surface area contributed by atoms with Crippen LogP contribution in [0.1, 0.15) is 25.5 Å². The van der Waals surface area contributed by atoms with Crippen molar-refractivity contribution in [3.05, 3.63) is 11.9 Å². The monoisotopic (exact) mass is 258 g/mol. The van der Waals surface area contributed by atoms with Gasteiger partial charge in [-0.3, -0.25) is 5.10 Å². The van der Waals surface area contributed by atoms with E-state index in [4.69, 9.17) is 0 Å². The Bertz CT molecular complexity index is 482. The number of hydrogen-bond donors (Lipinski definition) is 3. The number of nitrogens with zero attached hydrogens (tertiary/aromatic N) is 1. The third kappa shape index (κ3) is 2.67. The summed E-state index contributed by atoms with van der Waals surface area (Å²) in [6, 6.07) is 0.105. The van der Waals surface area contributed by atoms with Gasteiger partial charge in [-0.15, -0.1) is 0 Å². The van der Waals surface area contributed by atoms with E-state index in [9.17, 15) is 8.42 Å². The van der Waals surface area contributed by atoms with E-state index in [0.717, 1.165) is 19.4 Å². The number of sulfonamides is 1. The Labute approximate surface area is 101 Å². The summed E-state index contributed by atoms with van der Waals surface area (Å²) in [4.78, 5) is 0.232. The second-order valence-electron chi connectivity index (χ2n) is 4.47. The van der Waals surface area contributed by atoms with Crippen LogP contribution < -0.4 is 10.0 Å². The zero-order valence-electron chi connectivity index (χ0n) is 10.0. The Balaban J connectivity index is 2.15. The topological polar surface area (TPSA) is 86.9 Å². The molecule has 0 aliphatic carbocycles. The van der Waals surface area contributed by atoms with Crippen molar-refractivity contribution in [2.45, 2.75) is 43.7 Å². The second-order valence-corrected chi connectivity index (χ2v) is 6.15. The van der Waals surface area contributed by atoms with Crippen LogP contribution in [0.5, 0.6) is 0 Å². The highest BCUT2D eigenvalue weighted by Crippen LogP contribution is 2.15. The van der Waals surface area contributed by atoms with Gasteiger partial charge in [0.25, 0.3) is 0 Å². The highest BCUT2D eigenvalue weighted by Gasteiger charge is 2.27. The molecule has 0 radical (unpaired) electrons. The maximum absolute atomic E-state index is 12.1. The Hall–Kier alpha value is -0.920. The summed E-state index contributed by atoms with van der Waals surface area (Å²) in [5.41, 5.74) is 0.564. The second kappa shape index (κ2) is 4.75. The van der Waals surface area contributed by atoms with E-state index in [0.29, 0.717) is 5.69 Å². The van der Waals surface area contributed by atoms with Gasteiger partial charge in [0.2, 0.25) is 10.0 Å². The molecule has 0 saturated carbocycles. The number of H-pyrrole nitrogens is 1. The van der Waals surface area contributed by atoms with Gasteiger partial charge in [-0.25, -0.2) is 13.1 Å². The van der Waals surface area contributed by atoms with Crippen LogP contribution in [-0.4, -0.2) is 37.2 Å². The van der Waals surface area contributed by atoms with E-state index >= 15 is 0 Å². The fourth-order valence-corrected chi connectivity index (χ4v) is 3.57. The number of nitrogens with one attached hydrogen (secondary N) is 3. The smallest absolute Gasteiger partial charge is 0.244 e. The summed E-state index contributed by atoms with van der Waals surface area (Å²) in [6.45, 7) is 4.64. The maximum atomic E-state index is 12.1. The van der Waals surface area contributed by atoms with Crippen LogP contribution >= 0.6 is 0 Å². The largest absolute Gasteiger partial charge is 0.313 e. The fraction of sp³-hybridized carbons (Fsp3) is 0.700. The summed E-state index contributed by atoms with van der Waals surface area (Å²) in [7, 11) is -3.46. The molecule has 17 heavy (non-hydrogen) atoms. The lowest BCUT2D eigenvalue weighted by molar-refractivity contribution is 0.349. The van der Waals surface area contributed by atoms with Gasteiger partial charge in [0.05, 0.1) is 11.9 Å². The molecule has 96 valence electrons. The Morgan fingerprint density at radius 1 is 1.53 bits per heavy atom. The van der Waals surface area contributed by atoms with E-state index in [-0.39, 0.29) is 17.0 Å². The number of aromatic amines is 1. The van der Waals surface area contributed by atoms with Crippen molar-refractivity contribution in [2.24, 2.45) is 0 Å². The minimum absolute atomic E-state index is 0.0527. The molecule has 2 rings (SSSR count). The first-order chi connectivity index (χ1) is 8.00. The zero-order valence-corrected chi connectivity index (χ0v) is 10.8. The molecule has 2 heterocycles. The Kier molecular flexibility index (Phi) is 3.50. The van der Waals surface area contributed by atoms with Crippen LogP contribution in [0.25, 0.3) is 0 Å². The number of piperidine rings is 1. The standard InChI is InChI=1S/C10H18N4O2S/c1-7-9(4-3-5-11-7)14-17(15,16)10-6-12-13-8(10)2/h6-7,9,11,14H,3-5H2,1-2H3,(H,12,13). The summed E-state index contributed by atoms with van der Waals surface area (Å²) in [5, 5.41) is 9.64. The van der Waals surface area contributed by atoms with Crippen molar-refractivity contribution >= 4 is 10.0 Å². The van der Waals surface area contributed by atoms with Crippen molar-refractivity contribution in [3.63, 3.8) is 0 Å². The molecular weight excluding hydrogens is 240 g/mol. The quantitative estimate of drug-likeness (QED) is 0.719. The molecule has 1 aliphatic rings. The molecule has 1 aromatic heterocycles. The summed E-state index contributed by atoms with van der Waals surface area (Å²) in [6.07, 6.45) is 3.20. The fourth-order valence-electron chi connectivity index (χ4n) is 2.08. The lowest BCUT2D eigenvalue weighted by Gasteiger charge is -2.30. The maximum Gasteiger partial charge on any atom is 0.244 e. The highest BCUT2D eigenvalue weighted by molar-refractivity contribution is 7.89. The van der Waals surface area contributed by atoms with Crippen molar-refractivity contribution in [3.8, 4) is 0 Å². The molecule has 6 nitrogen and oxygen atoms in total. The molecule has 2 unspecified atom stereocenters. The van der Waals surface area contributed by atoms with Crippen molar-refractivity contribution < 1.29 is 8.42 Å². The van der Waals surface area contributed by atoms with Crippen LogP contribution in [0.3, 0.4) is 0 Å². The predicted molar refractivity (Wildman–Crippen MR) is 64.1 cm³/mol. The number of rotatable bonds is 3. The van der Waals surface area contributed by atoms with Crippen LogP contribution in [-0.2, 0) is 10.0 Å². The van der Waals surface area contributed by atoms with Gasteiger partial charge in [0.15, 0.2) is 0 Å². The van der Waals surface area contributed by atoms with Gasteiger partial charge in [0.1, 0.15) is 4.90 Å². The van der Waals surface area contributed by atoms with Crippen LogP contribution in [0.15, 0.2) is 11.1 Å². The van der Waals surface area contributed by atoms with Gasteiger partial charge in [-0.05, 0) is 33.2 Å². The Morgan fingerprint density at radius 3 is 2.88 bits per heavy atom. The van der Waals surface area contributed by atoms with E-state index in [1.165, 1.54) is 6.20 Å². The lowest BCUT2D eigenvalue weighted by Crippen LogP contribution is -2.51. The van der Waals surface area contributed by atoms with Gasteiger partial charge in [0, 0.05) is 12.1 Å². The molecular formula is C10H18N4O2S. The molecule has 7 heteroatoms. The van der Waals surface area contributed by atoms with Gasteiger partial charge < -0.3 is 5.32 Å². The summed E-state index contributed by atoms with van der Waals surface area (Å²) in [5.74, 6) is 0. The zero-order chi connectivity index (χ0) is 12.5. The van der Waals surface area contributed by atoms with Crippen LogP contribution in [0, 0.1) is 6.92 Å². The van der Waals surface area contributed by atoms with Crippen LogP contribution in [0.4, 0.5) is 0 Å². The third-order valence-electron chi connectivity index (χ3n) is 3.14. The van der Waals surface area contributed by atoms with Gasteiger partial charge >= 0.3 is 0 Å². The normalized spacial score (nSPS) is 26.0. The molecule has 1 aromatic rings. The first kappa shape index (κ1) is 12.5. The molecule has 3 N–H and O–H groups in total. The van der Waals surface area contributed by atoms with Gasteiger partial charge in [-0.2, -0.15) is 5.10 Å². The summed E-state index contributed by atoms with van der Waals surface area (Å²) < 4.78 is 27.0. The molecule has 0 amide bonds. The van der Waals surface area contributed by atoms with E-state index in [1.54, 1.807) is 6.92 Å². The molecule has 0 aromatic carbocycles. The minimum Gasteiger partial charge on any atom is -0.313 e. The molecule has 1 aliphatic heterocycles. The number of hydrogen-bond acceptors (Lipinski definition) is 4. The van der Waals surface area contributed by atoms with E-state index in [2.05, 4.69) is 20.2 Å². The number of aryl methyl sites for hydroxylation is 1.